The van der Waals surface area contributed by atoms with Crippen LogP contribution in [0.1, 0.15) is 0 Å². The molecule has 0 unspecified atom stereocenters. The van der Waals surface area contributed by atoms with Gasteiger partial charge in [-0.3, -0.25) is 4.79 Å². The first-order valence-corrected chi connectivity index (χ1v) is 8.87. The molecule has 0 aromatic heterocycles. The Labute approximate surface area is 147 Å². The second kappa shape index (κ2) is 8.00. The zero-order chi connectivity index (χ0) is 18.4. The predicted molar refractivity (Wildman–Crippen MR) is 94.4 cm³/mol. The molecule has 0 saturated carbocycles. The number of anilines is 1. The first kappa shape index (κ1) is 18.8. The summed E-state index contributed by atoms with van der Waals surface area (Å²) in [5, 5.41) is 2.69. The molecule has 7 nitrogen and oxygen atoms in total. The molecule has 0 radical (unpaired) electrons. The number of ether oxygens (including phenoxy) is 2. The van der Waals surface area contributed by atoms with Crippen molar-refractivity contribution in [2.24, 2.45) is 0 Å². The van der Waals surface area contributed by atoms with E-state index < -0.39 is 10.0 Å². The van der Waals surface area contributed by atoms with E-state index in [4.69, 9.17) is 9.47 Å². The van der Waals surface area contributed by atoms with Crippen molar-refractivity contribution in [3.05, 3.63) is 48.5 Å². The Bertz CT molecular complexity index is 832. The van der Waals surface area contributed by atoms with Gasteiger partial charge >= 0.3 is 0 Å². The van der Waals surface area contributed by atoms with Gasteiger partial charge < -0.3 is 14.8 Å². The highest BCUT2D eigenvalue weighted by Gasteiger charge is 2.16. The van der Waals surface area contributed by atoms with Crippen molar-refractivity contribution in [1.29, 1.82) is 0 Å². The maximum absolute atomic E-state index is 12.0. The van der Waals surface area contributed by atoms with Crippen LogP contribution in [0.15, 0.2) is 53.4 Å². The van der Waals surface area contributed by atoms with Crippen LogP contribution < -0.4 is 14.8 Å². The van der Waals surface area contributed by atoms with E-state index in [1.807, 2.05) is 0 Å². The number of hydrogen-bond donors (Lipinski definition) is 1. The lowest BCUT2D eigenvalue weighted by molar-refractivity contribution is -0.118. The molecular weight excluding hydrogens is 344 g/mol. The van der Waals surface area contributed by atoms with Crippen molar-refractivity contribution in [3.8, 4) is 11.5 Å². The molecule has 1 N–H and O–H groups in total. The highest BCUT2D eigenvalue weighted by molar-refractivity contribution is 7.89. The molecule has 0 aliphatic heterocycles. The Morgan fingerprint density at radius 3 is 2.32 bits per heavy atom. The van der Waals surface area contributed by atoms with Gasteiger partial charge in [0.2, 0.25) is 10.0 Å². The molecule has 0 bridgehead atoms. The Kier molecular flexibility index (Phi) is 6.00. The minimum atomic E-state index is -3.49. The van der Waals surface area contributed by atoms with Gasteiger partial charge in [0.1, 0.15) is 11.5 Å². The minimum Gasteiger partial charge on any atom is -0.495 e. The van der Waals surface area contributed by atoms with Crippen LogP contribution in [-0.4, -0.2) is 46.4 Å². The van der Waals surface area contributed by atoms with Gasteiger partial charge in [-0.05, 0) is 36.4 Å². The van der Waals surface area contributed by atoms with Crippen molar-refractivity contribution in [2.75, 3.05) is 33.1 Å². The summed E-state index contributed by atoms with van der Waals surface area (Å²) in [5.41, 5.74) is 0.547. The average Bonchev–Trinajstić information content (AvgIpc) is 2.60. The summed E-state index contributed by atoms with van der Waals surface area (Å²) in [5.74, 6) is 0.594. The molecule has 1 amide bonds. The van der Waals surface area contributed by atoms with Gasteiger partial charge in [-0.25, -0.2) is 12.7 Å². The molecule has 2 aromatic carbocycles. The molecule has 0 aliphatic rings. The van der Waals surface area contributed by atoms with Crippen LogP contribution >= 0.6 is 0 Å². The number of amides is 1. The SMILES string of the molecule is COc1ccccc1NC(=O)COc1ccc(S(=O)(=O)N(C)C)cc1. The summed E-state index contributed by atoms with van der Waals surface area (Å²) in [4.78, 5) is 12.1. The number of benzene rings is 2. The number of rotatable bonds is 7. The third kappa shape index (κ3) is 4.71. The van der Waals surface area contributed by atoms with Crippen LogP contribution in [-0.2, 0) is 14.8 Å². The molecular formula is C17H20N2O5S. The quantitative estimate of drug-likeness (QED) is 0.812. The van der Waals surface area contributed by atoms with Gasteiger partial charge in [-0.1, -0.05) is 12.1 Å². The van der Waals surface area contributed by atoms with Crippen LogP contribution in [0.2, 0.25) is 0 Å². The Hall–Kier alpha value is -2.58. The summed E-state index contributed by atoms with van der Waals surface area (Å²) >= 11 is 0. The van der Waals surface area contributed by atoms with Crippen LogP contribution in [0.4, 0.5) is 5.69 Å². The molecule has 0 aliphatic carbocycles. The number of para-hydroxylation sites is 2. The Morgan fingerprint density at radius 2 is 1.72 bits per heavy atom. The van der Waals surface area contributed by atoms with Crippen molar-refractivity contribution < 1.29 is 22.7 Å². The normalized spacial score (nSPS) is 11.2. The van der Waals surface area contributed by atoms with E-state index in [-0.39, 0.29) is 17.4 Å². The van der Waals surface area contributed by atoms with E-state index in [1.54, 1.807) is 24.3 Å². The number of carbonyl (C=O) groups excluding carboxylic acids is 1. The number of nitrogens with zero attached hydrogens (tertiary/aromatic N) is 1. The molecule has 0 fully saturated rings. The van der Waals surface area contributed by atoms with Crippen LogP contribution in [0, 0.1) is 0 Å². The van der Waals surface area contributed by atoms with E-state index in [2.05, 4.69) is 5.32 Å². The number of nitrogens with one attached hydrogen (secondary N) is 1. The maximum atomic E-state index is 12.0. The molecule has 134 valence electrons. The van der Waals surface area contributed by atoms with Crippen molar-refractivity contribution in [1.82, 2.24) is 4.31 Å². The summed E-state index contributed by atoms with van der Waals surface area (Å²) < 4.78 is 35.6. The first-order valence-electron chi connectivity index (χ1n) is 7.43. The zero-order valence-corrected chi connectivity index (χ0v) is 15.0. The zero-order valence-electron chi connectivity index (χ0n) is 14.2. The fourth-order valence-corrected chi connectivity index (χ4v) is 2.90. The van der Waals surface area contributed by atoms with Crippen molar-refractivity contribution >= 4 is 21.6 Å². The topological polar surface area (TPSA) is 84.9 Å². The highest BCUT2D eigenvalue weighted by atomic mass is 32.2. The lowest BCUT2D eigenvalue weighted by Gasteiger charge is -2.12. The standard InChI is InChI=1S/C17H20N2O5S/c1-19(2)25(21,22)14-10-8-13(9-11-14)24-12-17(20)18-15-6-4-5-7-16(15)23-3/h4-11H,12H2,1-3H3,(H,18,20). The van der Waals surface area contributed by atoms with Gasteiger partial charge in [0, 0.05) is 14.1 Å². The molecule has 0 saturated heterocycles. The van der Waals surface area contributed by atoms with Crippen molar-refractivity contribution in [3.63, 3.8) is 0 Å². The van der Waals surface area contributed by atoms with Crippen molar-refractivity contribution in [2.45, 2.75) is 4.90 Å². The number of sulfonamides is 1. The summed E-state index contributed by atoms with van der Waals surface area (Å²) in [6.07, 6.45) is 0. The van der Waals surface area contributed by atoms with Gasteiger partial charge in [-0.15, -0.1) is 0 Å². The van der Waals surface area contributed by atoms with Gasteiger partial charge in [0.05, 0.1) is 17.7 Å². The first-order chi connectivity index (χ1) is 11.8. The fraction of sp³-hybridized carbons (Fsp3) is 0.235. The lowest BCUT2D eigenvalue weighted by Crippen LogP contribution is -2.22. The maximum Gasteiger partial charge on any atom is 0.262 e. The number of carbonyl (C=O) groups is 1. The number of methoxy groups -OCH3 is 1. The lowest BCUT2D eigenvalue weighted by atomic mass is 10.3. The monoisotopic (exact) mass is 364 g/mol. The highest BCUT2D eigenvalue weighted by Crippen LogP contribution is 2.23. The largest absolute Gasteiger partial charge is 0.495 e. The van der Waals surface area contributed by atoms with E-state index in [0.717, 1.165) is 4.31 Å². The second-order valence-electron chi connectivity index (χ2n) is 5.30. The van der Waals surface area contributed by atoms with Gasteiger partial charge in [-0.2, -0.15) is 0 Å². The van der Waals surface area contributed by atoms with Gasteiger partial charge in [0.15, 0.2) is 6.61 Å². The minimum absolute atomic E-state index is 0.156. The predicted octanol–water partition coefficient (Wildman–Crippen LogP) is 1.96. The molecule has 0 heterocycles. The summed E-state index contributed by atoms with van der Waals surface area (Å²) in [6, 6.07) is 12.9. The number of hydrogen-bond acceptors (Lipinski definition) is 5. The summed E-state index contributed by atoms with van der Waals surface area (Å²) in [6.45, 7) is -0.210. The van der Waals surface area contributed by atoms with Gasteiger partial charge in [0.25, 0.3) is 5.91 Å². The third-order valence-corrected chi connectivity index (χ3v) is 5.18. The second-order valence-corrected chi connectivity index (χ2v) is 7.45. The molecule has 8 heteroatoms. The third-order valence-electron chi connectivity index (χ3n) is 3.35. The van der Waals surface area contributed by atoms with Crippen LogP contribution in [0.5, 0.6) is 11.5 Å². The van der Waals surface area contributed by atoms with Crippen LogP contribution in [0.25, 0.3) is 0 Å². The molecule has 2 aromatic rings. The van der Waals surface area contributed by atoms with Crippen LogP contribution in [0.3, 0.4) is 0 Å². The molecule has 2 rings (SSSR count). The summed E-state index contributed by atoms with van der Waals surface area (Å²) in [7, 11) is 0.950. The average molecular weight is 364 g/mol. The smallest absolute Gasteiger partial charge is 0.262 e. The Morgan fingerprint density at radius 1 is 1.08 bits per heavy atom. The van der Waals surface area contributed by atoms with E-state index in [0.29, 0.717) is 17.2 Å². The molecule has 0 atom stereocenters. The fourth-order valence-electron chi connectivity index (χ4n) is 2.00. The Balaban J connectivity index is 1.96. The molecule has 0 spiro atoms. The van der Waals surface area contributed by atoms with E-state index in [9.17, 15) is 13.2 Å². The molecule has 25 heavy (non-hydrogen) atoms. The van der Waals surface area contributed by atoms with E-state index >= 15 is 0 Å². The van der Waals surface area contributed by atoms with E-state index in [1.165, 1.54) is 45.5 Å².